The minimum Gasteiger partial charge on any atom is -0.243 e. The van der Waals surface area contributed by atoms with Gasteiger partial charge < -0.3 is 0 Å². The Morgan fingerprint density at radius 3 is 2.60 bits per heavy atom. The number of aryl methyl sites for hydroxylation is 2. The van der Waals surface area contributed by atoms with Crippen molar-refractivity contribution in [2.24, 2.45) is 7.05 Å². The van der Waals surface area contributed by atoms with Crippen LogP contribution in [0.5, 0.6) is 0 Å². The molecule has 0 bridgehead atoms. The van der Waals surface area contributed by atoms with Crippen LogP contribution in [-0.2, 0) is 13.5 Å². The number of hydrogen-bond donors (Lipinski definition) is 0. The fourth-order valence-electron chi connectivity index (χ4n) is 4.01. The Balaban J connectivity index is 1.90. The van der Waals surface area contributed by atoms with Gasteiger partial charge in [-0.05, 0) is 42.5 Å². The molecule has 3 aromatic rings. The van der Waals surface area contributed by atoms with Gasteiger partial charge in [-0.2, -0.15) is 4.57 Å². The summed E-state index contributed by atoms with van der Waals surface area (Å²) < 4.78 is 2.34. The van der Waals surface area contributed by atoms with E-state index in [1.165, 1.54) is 44.8 Å². The molecule has 0 spiro atoms. The number of fused-ring (bicyclic) bond motifs is 3. The highest BCUT2D eigenvalue weighted by atomic mass is 15.0. The quantitative estimate of drug-likeness (QED) is 0.479. The van der Waals surface area contributed by atoms with Crippen molar-refractivity contribution in [2.45, 2.75) is 40.0 Å². The van der Waals surface area contributed by atoms with Crippen LogP contribution >= 0.6 is 0 Å². The third-order valence-electron chi connectivity index (χ3n) is 5.46. The first-order valence-corrected chi connectivity index (χ1v) is 9.05. The highest BCUT2D eigenvalue weighted by molar-refractivity contribution is 5.74. The van der Waals surface area contributed by atoms with Crippen molar-refractivity contribution in [3.8, 4) is 22.5 Å². The maximum Gasteiger partial charge on any atom is 0.231 e. The standard InChI is InChI=1S/C23H25N2/c1-14(2)17-7-6-8-18-20(17)12-21-23(18)24-13-22(25(21)5)19-11-15(3)9-10-16(19)4/h6-11,13-14H,12H2,1-5H3/q+1. The molecule has 0 fully saturated rings. The van der Waals surface area contributed by atoms with Gasteiger partial charge in [-0.1, -0.05) is 49.7 Å². The third-order valence-corrected chi connectivity index (χ3v) is 5.46. The summed E-state index contributed by atoms with van der Waals surface area (Å²) in [5, 5.41) is 0. The molecule has 0 saturated heterocycles. The minimum atomic E-state index is 0.535. The third kappa shape index (κ3) is 2.48. The molecule has 2 heteroatoms. The van der Waals surface area contributed by atoms with Crippen LogP contribution in [0.2, 0.25) is 0 Å². The Morgan fingerprint density at radius 2 is 1.84 bits per heavy atom. The zero-order valence-electron chi connectivity index (χ0n) is 15.7. The number of aromatic nitrogens is 2. The number of hydrogen-bond acceptors (Lipinski definition) is 1. The summed E-state index contributed by atoms with van der Waals surface area (Å²) in [6.07, 6.45) is 3.01. The Kier molecular flexibility index (Phi) is 3.72. The lowest BCUT2D eigenvalue weighted by molar-refractivity contribution is -0.667. The second-order valence-electron chi connectivity index (χ2n) is 7.52. The van der Waals surface area contributed by atoms with Crippen molar-refractivity contribution in [2.75, 3.05) is 0 Å². The van der Waals surface area contributed by atoms with Crippen molar-refractivity contribution < 1.29 is 4.57 Å². The molecule has 0 aliphatic heterocycles. The second-order valence-corrected chi connectivity index (χ2v) is 7.52. The maximum atomic E-state index is 4.89. The number of benzene rings is 2. The molecule has 0 N–H and O–H groups in total. The van der Waals surface area contributed by atoms with Gasteiger partial charge in [0.15, 0.2) is 0 Å². The first-order valence-electron chi connectivity index (χ1n) is 9.05. The summed E-state index contributed by atoms with van der Waals surface area (Å²) in [5.41, 5.74) is 11.7. The van der Waals surface area contributed by atoms with Gasteiger partial charge in [0.1, 0.15) is 18.9 Å². The first-order chi connectivity index (χ1) is 12.0. The Morgan fingerprint density at radius 1 is 1.04 bits per heavy atom. The van der Waals surface area contributed by atoms with E-state index < -0.39 is 0 Å². The zero-order valence-corrected chi connectivity index (χ0v) is 15.7. The molecule has 0 atom stereocenters. The molecular formula is C23H25N2+. The van der Waals surface area contributed by atoms with Crippen LogP contribution in [0.4, 0.5) is 0 Å². The molecule has 0 saturated carbocycles. The van der Waals surface area contributed by atoms with Gasteiger partial charge in [0.2, 0.25) is 11.4 Å². The van der Waals surface area contributed by atoms with Gasteiger partial charge in [0, 0.05) is 5.56 Å². The molecular weight excluding hydrogens is 304 g/mol. The summed E-state index contributed by atoms with van der Waals surface area (Å²) >= 11 is 0. The molecule has 4 rings (SSSR count). The van der Waals surface area contributed by atoms with E-state index in [0.717, 1.165) is 12.1 Å². The van der Waals surface area contributed by atoms with Crippen molar-refractivity contribution >= 4 is 0 Å². The van der Waals surface area contributed by atoms with Crippen molar-refractivity contribution in [3.05, 3.63) is 70.5 Å². The fourth-order valence-corrected chi connectivity index (χ4v) is 4.01. The molecule has 1 aliphatic rings. The number of rotatable bonds is 2. The van der Waals surface area contributed by atoms with Gasteiger partial charge in [0.25, 0.3) is 0 Å². The van der Waals surface area contributed by atoms with E-state index in [4.69, 9.17) is 4.98 Å². The molecule has 1 aromatic heterocycles. The van der Waals surface area contributed by atoms with Gasteiger partial charge in [-0.3, -0.25) is 0 Å². The van der Waals surface area contributed by atoms with Gasteiger partial charge >= 0.3 is 0 Å². The molecule has 2 nitrogen and oxygen atoms in total. The lowest BCUT2D eigenvalue weighted by Gasteiger charge is -2.10. The highest BCUT2D eigenvalue weighted by Crippen LogP contribution is 2.38. The monoisotopic (exact) mass is 329 g/mol. The van der Waals surface area contributed by atoms with Crippen molar-refractivity contribution in [1.82, 2.24) is 4.98 Å². The zero-order chi connectivity index (χ0) is 17.7. The van der Waals surface area contributed by atoms with Gasteiger partial charge in [0.05, 0.1) is 12.0 Å². The topological polar surface area (TPSA) is 16.8 Å². The van der Waals surface area contributed by atoms with Gasteiger partial charge in [-0.15, -0.1) is 0 Å². The van der Waals surface area contributed by atoms with E-state index in [-0.39, 0.29) is 0 Å². The average molecular weight is 329 g/mol. The van der Waals surface area contributed by atoms with Crippen LogP contribution in [0.25, 0.3) is 22.5 Å². The van der Waals surface area contributed by atoms with E-state index in [2.05, 4.69) is 75.7 Å². The van der Waals surface area contributed by atoms with E-state index in [0.29, 0.717) is 5.92 Å². The molecule has 0 unspecified atom stereocenters. The predicted octanol–water partition coefficient (Wildman–Crippen LogP) is 4.88. The Bertz CT molecular complexity index is 984. The molecule has 0 radical (unpaired) electrons. The summed E-state index contributed by atoms with van der Waals surface area (Å²) in [7, 11) is 2.18. The minimum absolute atomic E-state index is 0.535. The molecule has 25 heavy (non-hydrogen) atoms. The van der Waals surface area contributed by atoms with Gasteiger partial charge in [-0.25, -0.2) is 4.98 Å². The summed E-state index contributed by atoms with van der Waals surface area (Å²) in [4.78, 5) is 4.89. The highest BCUT2D eigenvalue weighted by Gasteiger charge is 2.31. The largest absolute Gasteiger partial charge is 0.243 e. The Hall–Kier alpha value is -2.48. The van der Waals surface area contributed by atoms with Crippen LogP contribution in [-0.4, -0.2) is 4.98 Å². The van der Waals surface area contributed by atoms with Crippen LogP contribution < -0.4 is 4.57 Å². The molecule has 126 valence electrons. The van der Waals surface area contributed by atoms with E-state index >= 15 is 0 Å². The summed E-state index contributed by atoms with van der Waals surface area (Å²) in [5.74, 6) is 0.535. The smallest absolute Gasteiger partial charge is 0.231 e. The lowest BCUT2D eigenvalue weighted by Crippen LogP contribution is -2.36. The van der Waals surface area contributed by atoms with Crippen LogP contribution in [0.15, 0.2) is 42.6 Å². The molecule has 2 aromatic carbocycles. The average Bonchev–Trinajstić information content (AvgIpc) is 2.97. The normalized spacial score (nSPS) is 12.4. The van der Waals surface area contributed by atoms with Crippen molar-refractivity contribution in [1.29, 1.82) is 0 Å². The SMILES string of the molecule is Cc1ccc(C)c(-c2cnc3c([n+]2C)Cc2c-3cccc2C(C)C)c1. The molecule has 1 aliphatic carbocycles. The fraction of sp³-hybridized carbons (Fsp3) is 0.304. The molecule has 1 heterocycles. The van der Waals surface area contributed by atoms with Crippen LogP contribution in [0.3, 0.4) is 0 Å². The first kappa shape index (κ1) is 16.0. The van der Waals surface area contributed by atoms with Crippen molar-refractivity contribution in [3.63, 3.8) is 0 Å². The predicted molar refractivity (Wildman–Crippen MR) is 103 cm³/mol. The second kappa shape index (κ2) is 5.80. The molecule has 0 amide bonds. The summed E-state index contributed by atoms with van der Waals surface area (Å²) in [6.45, 7) is 8.86. The van der Waals surface area contributed by atoms with E-state index in [1.54, 1.807) is 0 Å². The van der Waals surface area contributed by atoms with Crippen LogP contribution in [0, 0.1) is 13.8 Å². The van der Waals surface area contributed by atoms with Crippen LogP contribution in [0.1, 0.15) is 47.7 Å². The number of nitrogens with zero attached hydrogens (tertiary/aromatic N) is 2. The Labute approximate surface area is 150 Å². The lowest BCUT2D eigenvalue weighted by atomic mass is 9.94. The maximum absolute atomic E-state index is 4.89. The summed E-state index contributed by atoms with van der Waals surface area (Å²) in [6, 6.07) is 13.3. The van der Waals surface area contributed by atoms with E-state index in [9.17, 15) is 0 Å². The van der Waals surface area contributed by atoms with E-state index in [1.807, 2.05) is 6.20 Å².